The van der Waals surface area contributed by atoms with Crippen LogP contribution in [0.4, 0.5) is 11.4 Å². The zero-order chi connectivity index (χ0) is 28.5. The van der Waals surface area contributed by atoms with Crippen molar-refractivity contribution in [3.63, 3.8) is 0 Å². The Morgan fingerprint density at radius 1 is 0.825 bits per heavy atom. The molecule has 212 valence electrons. The first kappa shape index (κ1) is 29.2. The molecule has 1 N–H and O–H groups in total. The van der Waals surface area contributed by atoms with E-state index in [0.717, 1.165) is 18.4 Å². The molecule has 2 atom stereocenters. The minimum atomic E-state index is -0.367. The van der Waals surface area contributed by atoms with Gasteiger partial charge in [-0.1, -0.05) is 63.5 Å². The second kappa shape index (κ2) is 14.1. The lowest BCUT2D eigenvalue weighted by Crippen LogP contribution is -2.30. The number of rotatable bonds is 13. The Balaban J connectivity index is 1.23. The number of amides is 3. The molecule has 0 unspecified atom stereocenters. The maximum absolute atomic E-state index is 12.9. The Kier molecular flexibility index (Phi) is 10.3. The third kappa shape index (κ3) is 7.26. The van der Waals surface area contributed by atoms with E-state index < -0.39 is 0 Å². The molecule has 0 aromatic heterocycles. The molecule has 3 amide bonds. The van der Waals surface area contributed by atoms with Crippen LogP contribution in [-0.4, -0.2) is 30.3 Å². The van der Waals surface area contributed by atoms with Crippen LogP contribution < -0.4 is 10.2 Å². The maximum atomic E-state index is 12.9. The van der Waals surface area contributed by atoms with Crippen molar-refractivity contribution in [2.45, 2.75) is 78.1 Å². The molecule has 7 heteroatoms. The predicted molar refractivity (Wildman–Crippen MR) is 156 cm³/mol. The number of hydrogen-bond donors (Lipinski definition) is 1. The van der Waals surface area contributed by atoms with Gasteiger partial charge in [0.25, 0.3) is 5.91 Å². The van der Waals surface area contributed by atoms with Gasteiger partial charge in [-0.25, -0.2) is 4.79 Å². The van der Waals surface area contributed by atoms with Crippen molar-refractivity contribution in [1.82, 2.24) is 0 Å². The van der Waals surface area contributed by atoms with Gasteiger partial charge in [0.1, 0.15) is 0 Å². The fourth-order valence-corrected chi connectivity index (χ4v) is 5.43. The summed E-state index contributed by atoms with van der Waals surface area (Å²) >= 11 is 0. The van der Waals surface area contributed by atoms with Gasteiger partial charge in [0, 0.05) is 11.3 Å². The first-order valence-electron chi connectivity index (χ1n) is 14.6. The number of hydrogen-bond acceptors (Lipinski definition) is 5. The molecule has 40 heavy (non-hydrogen) atoms. The average Bonchev–Trinajstić information content (AvgIpc) is 3.21. The first-order chi connectivity index (χ1) is 19.4. The fraction of sp³-hybridized carbons (Fsp3) is 0.455. The molecule has 1 fully saturated rings. The number of ether oxygens (including phenoxy) is 1. The molecule has 0 radical (unpaired) electrons. The van der Waals surface area contributed by atoms with E-state index in [9.17, 15) is 19.2 Å². The highest BCUT2D eigenvalue weighted by Gasteiger charge is 2.48. The van der Waals surface area contributed by atoms with Crippen LogP contribution in [0, 0.1) is 11.8 Å². The summed E-state index contributed by atoms with van der Waals surface area (Å²) < 4.78 is 5.39. The Morgan fingerprint density at radius 3 is 2.10 bits per heavy atom. The van der Waals surface area contributed by atoms with Crippen LogP contribution in [0.2, 0.25) is 0 Å². The van der Waals surface area contributed by atoms with Gasteiger partial charge >= 0.3 is 5.97 Å². The summed E-state index contributed by atoms with van der Waals surface area (Å²) in [6.07, 6.45) is 12.7. The topological polar surface area (TPSA) is 92.8 Å². The normalized spacial score (nSPS) is 18.4. The van der Waals surface area contributed by atoms with E-state index in [1.165, 1.54) is 43.4 Å². The van der Waals surface area contributed by atoms with Crippen LogP contribution in [0.3, 0.4) is 0 Å². The number of carbonyl (C=O) groups is 4. The molecule has 1 heterocycles. The molecule has 4 rings (SSSR count). The standard InChI is InChI=1S/C33H40N2O5/c1-3-4-5-6-7-8-9-10-21-40-33(39)25-12-16-26(17-13-25)34-30(36)24-14-18-27(19-15-24)35-31(37)28-20-11-23(2)22-29(28)32(35)38/h11-19,28-29H,3-10,20-22H2,1-2H3,(H,34,36)/t28-,29+/m1/s1. The number of esters is 1. The molecular formula is C33H40N2O5. The third-order valence-electron chi connectivity index (χ3n) is 7.82. The molecule has 2 aromatic rings. The predicted octanol–water partition coefficient (Wildman–Crippen LogP) is 7.08. The van der Waals surface area contributed by atoms with Crippen molar-refractivity contribution in [2.24, 2.45) is 11.8 Å². The smallest absolute Gasteiger partial charge is 0.338 e. The molecular weight excluding hydrogens is 504 g/mol. The summed E-state index contributed by atoms with van der Waals surface area (Å²) in [5.41, 5.74) is 3.00. The number of anilines is 2. The van der Waals surface area contributed by atoms with Crippen molar-refractivity contribution in [2.75, 3.05) is 16.8 Å². The number of carbonyl (C=O) groups excluding carboxylic acids is 4. The van der Waals surface area contributed by atoms with Crippen molar-refractivity contribution in [3.05, 3.63) is 71.3 Å². The molecule has 7 nitrogen and oxygen atoms in total. The van der Waals surface area contributed by atoms with E-state index in [4.69, 9.17) is 4.74 Å². The number of benzene rings is 2. The van der Waals surface area contributed by atoms with E-state index in [1.807, 2.05) is 13.0 Å². The Hall–Kier alpha value is -3.74. The van der Waals surface area contributed by atoms with Gasteiger partial charge in [-0.2, -0.15) is 0 Å². The van der Waals surface area contributed by atoms with Gasteiger partial charge in [0.15, 0.2) is 0 Å². The minimum Gasteiger partial charge on any atom is -0.462 e. The van der Waals surface area contributed by atoms with Crippen LogP contribution in [0.15, 0.2) is 60.2 Å². The molecule has 0 saturated carbocycles. The van der Waals surface area contributed by atoms with Gasteiger partial charge in [-0.05, 0) is 74.7 Å². The third-order valence-corrected chi connectivity index (χ3v) is 7.82. The number of unbranched alkanes of at least 4 members (excludes halogenated alkanes) is 7. The van der Waals surface area contributed by atoms with Gasteiger partial charge in [0.2, 0.25) is 11.8 Å². The number of allylic oxidation sites excluding steroid dienone is 2. The van der Waals surface area contributed by atoms with E-state index in [-0.39, 0.29) is 35.5 Å². The van der Waals surface area contributed by atoms with E-state index in [1.54, 1.807) is 48.5 Å². The summed E-state index contributed by atoms with van der Waals surface area (Å²) in [6, 6.07) is 13.1. The summed E-state index contributed by atoms with van der Waals surface area (Å²) in [5, 5.41) is 2.82. The second-order valence-corrected chi connectivity index (χ2v) is 10.9. The summed E-state index contributed by atoms with van der Waals surface area (Å²) in [5.74, 6) is -1.64. The molecule has 1 aliphatic heterocycles. The van der Waals surface area contributed by atoms with Gasteiger partial charge in [0.05, 0.1) is 29.7 Å². The van der Waals surface area contributed by atoms with Crippen molar-refractivity contribution in [3.8, 4) is 0 Å². The van der Waals surface area contributed by atoms with Gasteiger partial charge in [-0.3, -0.25) is 19.3 Å². The fourth-order valence-electron chi connectivity index (χ4n) is 5.43. The van der Waals surface area contributed by atoms with E-state index >= 15 is 0 Å². The number of nitrogens with zero attached hydrogens (tertiary/aromatic N) is 1. The lowest BCUT2D eigenvalue weighted by molar-refractivity contribution is -0.122. The number of fused-ring (bicyclic) bond motifs is 1. The van der Waals surface area contributed by atoms with Gasteiger partial charge < -0.3 is 10.1 Å². The largest absolute Gasteiger partial charge is 0.462 e. The van der Waals surface area contributed by atoms with Crippen LogP contribution in [0.5, 0.6) is 0 Å². The van der Waals surface area contributed by atoms with Crippen molar-refractivity contribution < 1.29 is 23.9 Å². The summed E-state index contributed by atoms with van der Waals surface area (Å²) in [7, 11) is 0. The Labute approximate surface area is 237 Å². The Morgan fingerprint density at radius 2 is 1.43 bits per heavy atom. The maximum Gasteiger partial charge on any atom is 0.338 e. The molecule has 2 aromatic carbocycles. The molecule has 1 aliphatic carbocycles. The summed E-state index contributed by atoms with van der Waals surface area (Å²) in [4.78, 5) is 52.2. The zero-order valence-corrected chi connectivity index (χ0v) is 23.6. The highest BCUT2D eigenvalue weighted by Crippen LogP contribution is 2.39. The molecule has 0 bridgehead atoms. The summed E-state index contributed by atoms with van der Waals surface area (Å²) in [6.45, 7) is 4.61. The second-order valence-electron chi connectivity index (χ2n) is 10.9. The first-order valence-corrected chi connectivity index (χ1v) is 14.6. The molecule has 2 aliphatic rings. The highest BCUT2D eigenvalue weighted by atomic mass is 16.5. The zero-order valence-electron chi connectivity index (χ0n) is 23.6. The minimum absolute atomic E-state index is 0.170. The monoisotopic (exact) mass is 544 g/mol. The quantitative estimate of drug-likeness (QED) is 0.126. The van der Waals surface area contributed by atoms with E-state index in [2.05, 4.69) is 12.2 Å². The number of nitrogens with one attached hydrogen (secondary N) is 1. The molecule has 0 spiro atoms. The lowest BCUT2D eigenvalue weighted by atomic mass is 9.82. The lowest BCUT2D eigenvalue weighted by Gasteiger charge is -2.18. The van der Waals surface area contributed by atoms with Crippen LogP contribution in [0.25, 0.3) is 0 Å². The van der Waals surface area contributed by atoms with E-state index in [0.29, 0.717) is 42.0 Å². The highest BCUT2D eigenvalue weighted by molar-refractivity contribution is 6.22. The van der Waals surface area contributed by atoms with Crippen molar-refractivity contribution in [1.29, 1.82) is 0 Å². The Bertz CT molecular complexity index is 1230. The number of imide groups is 1. The average molecular weight is 545 g/mol. The van der Waals surface area contributed by atoms with Crippen LogP contribution in [0.1, 0.15) is 98.8 Å². The molecule has 1 saturated heterocycles. The van der Waals surface area contributed by atoms with Crippen LogP contribution in [-0.2, 0) is 14.3 Å². The van der Waals surface area contributed by atoms with Crippen LogP contribution >= 0.6 is 0 Å². The van der Waals surface area contributed by atoms with Crippen molar-refractivity contribution >= 4 is 35.1 Å². The van der Waals surface area contributed by atoms with Gasteiger partial charge in [-0.15, -0.1) is 0 Å². The SMILES string of the molecule is CCCCCCCCCCOC(=O)c1ccc(NC(=O)c2ccc(N3C(=O)[C@H]4CC(C)=CC[C@H]4C3=O)cc2)cc1.